The molecule has 4 rings (SSSR count). The Morgan fingerprint density at radius 1 is 1.08 bits per heavy atom. The smallest absolute Gasteiger partial charge is 0.153 e. The second-order valence-electron chi connectivity index (χ2n) is 7.39. The number of aliphatic imine (C=N–C) groups is 1. The number of fused-ring (bicyclic) bond motifs is 2. The highest BCUT2D eigenvalue weighted by Gasteiger charge is 2.48. The first-order valence-electron chi connectivity index (χ1n) is 8.66. The largest absolute Gasteiger partial charge is 0.328 e. The van der Waals surface area contributed by atoms with Crippen LogP contribution >= 0.6 is 11.6 Å². The lowest BCUT2D eigenvalue weighted by molar-refractivity contribution is 0.337. The average Bonchev–Trinajstić information content (AvgIpc) is 2.66. The summed E-state index contributed by atoms with van der Waals surface area (Å²) in [6, 6.07) is 16.2. The number of nitrogens with one attached hydrogen (secondary N) is 1. The zero-order valence-corrected chi connectivity index (χ0v) is 15.5. The van der Waals surface area contributed by atoms with Crippen molar-refractivity contribution >= 4 is 17.4 Å². The Bertz CT molecular complexity index is 969. The van der Waals surface area contributed by atoms with Gasteiger partial charge < -0.3 is 5.32 Å². The van der Waals surface area contributed by atoms with Gasteiger partial charge in [0.15, 0.2) is 5.84 Å². The molecule has 0 bridgehead atoms. The number of nitriles is 1. The Morgan fingerprint density at radius 3 is 2.50 bits per heavy atom. The Balaban J connectivity index is 1.99. The molecule has 2 aliphatic rings. The Labute approximate surface area is 158 Å². The van der Waals surface area contributed by atoms with E-state index >= 15 is 0 Å². The van der Waals surface area contributed by atoms with Crippen LogP contribution in [-0.4, -0.2) is 10.8 Å². The van der Waals surface area contributed by atoms with Crippen LogP contribution < -0.4 is 5.32 Å². The van der Waals surface area contributed by atoms with Crippen LogP contribution in [0.5, 0.6) is 0 Å². The van der Waals surface area contributed by atoms with Crippen molar-refractivity contribution in [3.63, 3.8) is 0 Å². The third kappa shape index (κ3) is 2.43. The van der Waals surface area contributed by atoms with E-state index < -0.39 is 5.54 Å². The molecular weight excluding hydrogens is 344 g/mol. The van der Waals surface area contributed by atoms with Gasteiger partial charge in [-0.3, -0.25) is 4.98 Å². The zero-order valence-electron chi connectivity index (χ0n) is 14.8. The van der Waals surface area contributed by atoms with Crippen LogP contribution in [0.15, 0.2) is 64.4 Å². The van der Waals surface area contributed by atoms with Gasteiger partial charge in [-0.1, -0.05) is 55.8 Å². The molecule has 4 nitrogen and oxygen atoms in total. The van der Waals surface area contributed by atoms with E-state index in [2.05, 4.69) is 42.4 Å². The van der Waals surface area contributed by atoms with E-state index in [1.165, 1.54) is 5.56 Å². The maximum Gasteiger partial charge on any atom is 0.153 e. The highest BCUT2D eigenvalue weighted by Crippen LogP contribution is 2.51. The van der Waals surface area contributed by atoms with Gasteiger partial charge in [-0.2, -0.15) is 5.26 Å². The molecule has 2 heterocycles. The molecule has 1 N–H and O–H groups in total. The predicted octanol–water partition coefficient (Wildman–Crippen LogP) is 4.37. The first-order chi connectivity index (χ1) is 12.5. The molecule has 1 aromatic carbocycles. The molecule has 1 spiro atoms. The first-order valence-corrected chi connectivity index (χ1v) is 9.04. The SMILES string of the molecule is CC1(C)CCC2(N=C(c3ccccn3)NC(Cl)=C2C#N)c2ccccc21. The van der Waals surface area contributed by atoms with Gasteiger partial charge in [0.1, 0.15) is 22.5 Å². The number of hydrogen-bond donors (Lipinski definition) is 1. The van der Waals surface area contributed by atoms with E-state index in [9.17, 15) is 5.26 Å². The average molecular weight is 363 g/mol. The molecule has 1 atom stereocenters. The van der Waals surface area contributed by atoms with Crippen LogP contribution in [0.3, 0.4) is 0 Å². The van der Waals surface area contributed by atoms with Gasteiger partial charge in [-0.25, -0.2) is 4.99 Å². The van der Waals surface area contributed by atoms with Crippen LogP contribution in [-0.2, 0) is 11.0 Å². The van der Waals surface area contributed by atoms with Crippen molar-refractivity contribution in [1.29, 1.82) is 5.26 Å². The topological polar surface area (TPSA) is 61.1 Å². The molecule has 5 heteroatoms. The Kier molecular flexibility index (Phi) is 3.86. The number of halogens is 1. The van der Waals surface area contributed by atoms with Crippen molar-refractivity contribution in [1.82, 2.24) is 10.3 Å². The van der Waals surface area contributed by atoms with Crippen molar-refractivity contribution in [2.24, 2.45) is 4.99 Å². The summed E-state index contributed by atoms with van der Waals surface area (Å²) in [5.74, 6) is 0.601. The van der Waals surface area contributed by atoms with Gasteiger partial charge in [-0.05, 0) is 41.5 Å². The van der Waals surface area contributed by atoms with Gasteiger partial charge in [0.25, 0.3) is 0 Å². The number of rotatable bonds is 1. The molecule has 0 fully saturated rings. The van der Waals surface area contributed by atoms with Crippen LogP contribution in [0.25, 0.3) is 0 Å². The molecule has 0 radical (unpaired) electrons. The lowest BCUT2D eigenvalue weighted by Gasteiger charge is -2.44. The molecule has 130 valence electrons. The van der Waals surface area contributed by atoms with Gasteiger partial charge >= 0.3 is 0 Å². The van der Waals surface area contributed by atoms with E-state index in [1.807, 2.05) is 30.3 Å². The summed E-state index contributed by atoms with van der Waals surface area (Å²) in [5.41, 5.74) is 2.72. The lowest BCUT2D eigenvalue weighted by Crippen LogP contribution is -2.44. The van der Waals surface area contributed by atoms with Gasteiger partial charge in [-0.15, -0.1) is 0 Å². The summed E-state index contributed by atoms with van der Waals surface area (Å²) in [4.78, 5) is 9.42. The summed E-state index contributed by atoms with van der Waals surface area (Å²) in [7, 11) is 0. The summed E-state index contributed by atoms with van der Waals surface area (Å²) in [6.07, 6.45) is 3.37. The number of aromatic nitrogens is 1. The van der Waals surface area contributed by atoms with Crippen LogP contribution in [0.2, 0.25) is 0 Å². The van der Waals surface area contributed by atoms with E-state index in [0.29, 0.717) is 22.3 Å². The van der Waals surface area contributed by atoms with Gasteiger partial charge in [0.05, 0.1) is 5.57 Å². The Hall–Kier alpha value is -2.64. The van der Waals surface area contributed by atoms with Crippen molar-refractivity contribution in [3.8, 4) is 6.07 Å². The Morgan fingerprint density at radius 2 is 1.81 bits per heavy atom. The van der Waals surface area contributed by atoms with E-state index in [4.69, 9.17) is 16.6 Å². The van der Waals surface area contributed by atoms with Crippen molar-refractivity contribution in [3.05, 3.63) is 76.2 Å². The molecule has 0 saturated heterocycles. The molecule has 0 saturated carbocycles. The number of nitrogens with zero attached hydrogens (tertiary/aromatic N) is 3. The van der Waals surface area contributed by atoms with E-state index in [1.54, 1.807) is 6.20 Å². The number of hydrogen-bond acceptors (Lipinski definition) is 4. The van der Waals surface area contributed by atoms with E-state index in [-0.39, 0.29) is 5.41 Å². The third-order valence-corrected chi connectivity index (χ3v) is 5.68. The monoisotopic (exact) mass is 362 g/mol. The molecule has 1 aromatic heterocycles. The van der Waals surface area contributed by atoms with Crippen molar-refractivity contribution in [2.45, 2.75) is 37.6 Å². The maximum absolute atomic E-state index is 9.87. The molecule has 1 aliphatic heterocycles. The predicted molar refractivity (Wildman–Crippen MR) is 103 cm³/mol. The minimum Gasteiger partial charge on any atom is -0.328 e. The minimum atomic E-state index is -0.768. The van der Waals surface area contributed by atoms with Crippen LogP contribution in [0.1, 0.15) is 43.5 Å². The lowest BCUT2D eigenvalue weighted by atomic mass is 9.63. The molecule has 2 aromatic rings. The number of pyridine rings is 1. The van der Waals surface area contributed by atoms with E-state index in [0.717, 1.165) is 18.4 Å². The standard InChI is InChI=1S/C21H19ClN4/c1-20(2)10-11-21(15-8-4-3-7-14(15)20)16(13-23)18(22)25-19(26-21)17-9-5-6-12-24-17/h3-9,12H,10-11H2,1-2H3,(H,25,26). The number of benzene rings is 1. The summed E-state index contributed by atoms with van der Waals surface area (Å²) in [6.45, 7) is 4.47. The molecule has 26 heavy (non-hydrogen) atoms. The molecule has 1 unspecified atom stereocenters. The highest BCUT2D eigenvalue weighted by molar-refractivity contribution is 6.32. The van der Waals surface area contributed by atoms with Crippen LogP contribution in [0.4, 0.5) is 0 Å². The van der Waals surface area contributed by atoms with Gasteiger partial charge in [0, 0.05) is 6.20 Å². The summed E-state index contributed by atoms with van der Waals surface area (Å²) in [5, 5.41) is 13.3. The third-order valence-electron chi connectivity index (χ3n) is 5.40. The normalized spacial score (nSPS) is 23.7. The fourth-order valence-electron chi connectivity index (χ4n) is 3.96. The fourth-order valence-corrected chi connectivity index (χ4v) is 4.25. The zero-order chi connectivity index (χ0) is 18.4. The summed E-state index contributed by atoms with van der Waals surface area (Å²) >= 11 is 6.53. The summed E-state index contributed by atoms with van der Waals surface area (Å²) < 4.78 is 0. The molecular formula is C21H19ClN4. The van der Waals surface area contributed by atoms with Gasteiger partial charge in [0.2, 0.25) is 0 Å². The second-order valence-corrected chi connectivity index (χ2v) is 7.77. The quantitative estimate of drug-likeness (QED) is 0.766. The fraction of sp³-hybridized carbons (Fsp3) is 0.286. The highest BCUT2D eigenvalue weighted by atomic mass is 35.5. The minimum absolute atomic E-state index is 0.0282. The molecule has 0 amide bonds. The van der Waals surface area contributed by atoms with Crippen molar-refractivity contribution < 1.29 is 0 Å². The first kappa shape index (κ1) is 16.8. The second kappa shape index (κ2) is 5.96. The maximum atomic E-state index is 9.87. The number of amidine groups is 1. The van der Waals surface area contributed by atoms with Crippen molar-refractivity contribution in [2.75, 3.05) is 0 Å². The van der Waals surface area contributed by atoms with Crippen LogP contribution in [0, 0.1) is 11.3 Å². The molecule has 1 aliphatic carbocycles.